The van der Waals surface area contributed by atoms with Crippen LogP contribution in [0.25, 0.3) is 5.69 Å². The van der Waals surface area contributed by atoms with E-state index in [0.29, 0.717) is 5.02 Å². The number of aromatic nitrogens is 3. The Hall–Kier alpha value is -1.55. The van der Waals surface area contributed by atoms with Gasteiger partial charge < -0.3 is 5.32 Å². The Bertz CT molecular complexity index is 514. The van der Waals surface area contributed by atoms with E-state index in [1.54, 1.807) is 11.0 Å². The summed E-state index contributed by atoms with van der Waals surface area (Å²) in [5.41, 5.74) is 2.10. The molecule has 18 heavy (non-hydrogen) atoms. The zero-order chi connectivity index (χ0) is 13.2. The second-order valence-corrected chi connectivity index (χ2v) is 5.85. The van der Waals surface area contributed by atoms with E-state index in [4.69, 9.17) is 11.6 Å². The van der Waals surface area contributed by atoms with Crippen molar-refractivity contribution in [3.63, 3.8) is 0 Å². The summed E-state index contributed by atoms with van der Waals surface area (Å²) in [7, 11) is 0. The van der Waals surface area contributed by atoms with Crippen LogP contribution in [0.2, 0.25) is 5.02 Å². The molecule has 2 aromatic rings. The van der Waals surface area contributed by atoms with Crippen molar-refractivity contribution in [2.75, 3.05) is 11.9 Å². The Labute approximate surface area is 112 Å². The zero-order valence-electron chi connectivity index (χ0n) is 10.8. The summed E-state index contributed by atoms with van der Waals surface area (Å²) >= 11 is 6.04. The van der Waals surface area contributed by atoms with Crippen LogP contribution in [0.1, 0.15) is 20.8 Å². The lowest BCUT2D eigenvalue weighted by Crippen LogP contribution is -2.20. The molecule has 1 aromatic carbocycles. The van der Waals surface area contributed by atoms with Crippen molar-refractivity contribution in [2.45, 2.75) is 20.8 Å². The molecule has 0 saturated heterocycles. The van der Waals surface area contributed by atoms with E-state index in [9.17, 15) is 0 Å². The second-order valence-electron chi connectivity index (χ2n) is 5.42. The highest BCUT2D eigenvalue weighted by Crippen LogP contribution is 2.25. The molecule has 0 spiro atoms. The third kappa shape index (κ3) is 3.23. The summed E-state index contributed by atoms with van der Waals surface area (Å²) in [6.45, 7) is 7.40. The average molecular weight is 265 g/mol. The van der Waals surface area contributed by atoms with E-state index in [1.165, 1.54) is 6.33 Å². The highest BCUT2D eigenvalue weighted by Gasteiger charge is 2.12. The third-order valence-corrected chi connectivity index (χ3v) is 2.67. The maximum absolute atomic E-state index is 6.04. The molecule has 0 amide bonds. The van der Waals surface area contributed by atoms with Crippen molar-refractivity contribution < 1.29 is 0 Å². The number of nitrogens with zero attached hydrogens (tertiary/aromatic N) is 3. The molecule has 0 aliphatic carbocycles. The first-order valence-electron chi connectivity index (χ1n) is 5.84. The Morgan fingerprint density at radius 1 is 1.33 bits per heavy atom. The van der Waals surface area contributed by atoms with Crippen LogP contribution in [0.4, 0.5) is 5.69 Å². The van der Waals surface area contributed by atoms with E-state index < -0.39 is 0 Å². The summed E-state index contributed by atoms with van der Waals surface area (Å²) < 4.78 is 1.72. The molecule has 0 bridgehead atoms. The van der Waals surface area contributed by atoms with Crippen LogP contribution in [0.3, 0.4) is 0 Å². The highest BCUT2D eigenvalue weighted by molar-refractivity contribution is 6.31. The van der Waals surface area contributed by atoms with Crippen LogP contribution in [-0.4, -0.2) is 21.3 Å². The molecule has 0 atom stereocenters. The van der Waals surface area contributed by atoms with Crippen molar-refractivity contribution in [3.05, 3.63) is 35.9 Å². The molecule has 96 valence electrons. The standard InChI is InChI=1S/C13H17ClN4/c1-13(2,3)7-16-11-6-10(14)4-5-12(11)18-9-15-8-17-18/h4-6,8-9,16H,7H2,1-3H3. The van der Waals surface area contributed by atoms with Gasteiger partial charge >= 0.3 is 0 Å². The Balaban J connectivity index is 2.30. The smallest absolute Gasteiger partial charge is 0.138 e. The van der Waals surface area contributed by atoms with Crippen molar-refractivity contribution in [2.24, 2.45) is 5.41 Å². The van der Waals surface area contributed by atoms with Gasteiger partial charge in [0.05, 0.1) is 11.4 Å². The largest absolute Gasteiger partial charge is 0.383 e. The molecule has 0 fully saturated rings. The van der Waals surface area contributed by atoms with Gasteiger partial charge in [0.1, 0.15) is 12.7 Å². The molecule has 0 aliphatic rings. The van der Waals surface area contributed by atoms with E-state index in [-0.39, 0.29) is 5.41 Å². The van der Waals surface area contributed by atoms with Crippen molar-refractivity contribution in [1.29, 1.82) is 0 Å². The summed E-state index contributed by atoms with van der Waals surface area (Å²) in [6.07, 6.45) is 3.19. The van der Waals surface area contributed by atoms with E-state index in [1.807, 2.05) is 18.2 Å². The van der Waals surface area contributed by atoms with Crippen LogP contribution >= 0.6 is 11.6 Å². The van der Waals surface area contributed by atoms with Gasteiger partial charge in [-0.3, -0.25) is 0 Å². The first-order chi connectivity index (χ1) is 8.46. The molecule has 1 aromatic heterocycles. The minimum absolute atomic E-state index is 0.196. The number of anilines is 1. The Kier molecular flexibility index (Phi) is 3.57. The molecule has 2 rings (SSSR count). The van der Waals surface area contributed by atoms with Crippen LogP contribution in [0.5, 0.6) is 0 Å². The van der Waals surface area contributed by atoms with Gasteiger partial charge in [0.25, 0.3) is 0 Å². The predicted molar refractivity (Wildman–Crippen MR) is 74.3 cm³/mol. The lowest BCUT2D eigenvalue weighted by atomic mass is 9.97. The van der Waals surface area contributed by atoms with Gasteiger partial charge in [0, 0.05) is 11.6 Å². The van der Waals surface area contributed by atoms with Gasteiger partial charge in [-0.1, -0.05) is 32.4 Å². The lowest BCUT2D eigenvalue weighted by molar-refractivity contribution is 0.443. The molecular weight excluding hydrogens is 248 g/mol. The van der Waals surface area contributed by atoms with Crippen LogP contribution in [-0.2, 0) is 0 Å². The second kappa shape index (κ2) is 4.98. The zero-order valence-corrected chi connectivity index (χ0v) is 11.6. The van der Waals surface area contributed by atoms with Crippen molar-refractivity contribution in [3.8, 4) is 5.69 Å². The summed E-state index contributed by atoms with van der Waals surface area (Å²) in [5, 5.41) is 8.26. The molecule has 0 saturated carbocycles. The van der Waals surface area contributed by atoms with E-state index in [0.717, 1.165) is 17.9 Å². The van der Waals surface area contributed by atoms with Gasteiger partial charge in [-0.15, -0.1) is 0 Å². The normalized spacial score (nSPS) is 11.6. The van der Waals surface area contributed by atoms with Gasteiger partial charge in [0.2, 0.25) is 0 Å². The number of nitrogens with one attached hydrogen (secondary N) is 1. The average Bonchev–Trinajstić information content (AvgIpc) is 2.79. The SMILES string of the molecule is CC(C)(C)CNc1cc(Cl)ccc1-n1cncn1. The highest BCUT2D eigenvalue weighted by atomic mass is 35.5. The van der Waals surface area contributed by atoms with Gasteiger partial charge in [-0.05, 0) is 23.6 Å². The maximum Gasteiger partial charge on any atom is 0.138 e. The maximum atomic E-state index is 6.04. The summed E-state index contributed by atoms with van der Waals surface area (Å²) in [6, 6.07) is 5.69. The molecule has 1 heterocycles. The molecule has 0 aliphatic heterocycles. The molecule has 1 N–H and O–H groups in total. The fourth-order valence-electron chi connectivity index (χ4n) is 1.54. The Morgan fingerprint density at radius 3 is 2.72 bits per heavy atom. The minimum Gasteiger partial charge on any atom is -0.383 e. The van der Waals surface area contributed by atoms with Gasteiger partial charge in [-0.25, -0.2) is 9.67 Å². The fourth-order valence-corrected chi connectivity index (χ4v) is 1.71. The number of benzene rings is 1. The first-order valence-corrected chi connectivity index (χ1v) is 6.22. The molecule has 0 radical (unpaired) electrons. The van der Waals surface area contributed by atoms with E-state index >= 15 is 0 Å². The Morgan fingerprint density at radius 2 is 2.11 bits per heavy atom. The van der Waals surface area contributed by atoms with E-state index in [2.05, 4.69) is 36.2 Å². The number of halogens is 1. The van der Waals surface area contributed by atoms with Gasteiger partial charge in [-0.2, -0.15) is 5.10 Å². The fraction of sp³-hybridized carbons (Fsp3) is 0.385. The van der Waals surface area contributed by atoms with Gasteiger partial charge in [0.15, 0.2) is 0 Å². The first kappa shape index (κ1) is 12.9. The molecule has 4 nitrogen and oxygen atoms in total. The monoisotopic (exact) mass is 264 g/mol. The number of hydrogen-bond acceptors (Lipinski definition) is 3. The van der Waals surface area contributed by atoms with Crippen LogP contribution < -0.4 is 5.32 Å². The summed E-state index contributed by atoms with van der Waals surface area (Å²) in [5.74, 6) is 0. The third-order valence-electron chi connectivity index (χ3n) is 2.43. The molecule has 0 unspecified atom stereocenters. The minimum atomic E-state index is 0.196. The van der Waals surface area contributed by atoms with Crippen molar-refractivity contribution in [1.82, 2.24) is 14.8 Å². The quantitative estimate of drug-likeness (QED) is 0.924. The van der Waals surface area contributed by atoms with Crippen LogP contribution in [0.15, 0.2) is 30.9 Å². The molecule has 5 heteroatoms. The number of rotatable bonds is 3. The van der Waals surface area contributed by atoms with Crippen molar-refractivity contribution >= 4 is 17.3 Å². The topological polar surface area (TPSA) is 42.7 Å². The van der Waals surface area contributed by atoms with Crippen LogP contribution in [0, 0.1) is 5.41 Å². The lowest BCUT2D eigenvalue weighted by Gasteiger charge is -2.21. The molecular formula is C13H17ClN4. The number of hydrogen-bond donors (Lipinski definition) is 1. The summed E-state index contributed by atoms with van der Waals surface area (Å²) in [4.78, 5) is 3.96. The predicted octanol–water partition coefficient (Wildman–Crippen LogP) is 3.38.